The maximum absolute atomic E-state index is 13.5. The number of halogens is 1. The van der Waals surface area contributed by atoms with E-state index in [1.807, 2.05) is 6.07 Å². The molecule has 0 heterocycles. The quantitative estimate of drug-likeness (QED) is 0.627. The normalized spacial score (nSPS) is 10.3. The third-order valence-corrected chi connectivity index (χ3v) is 3.10. The van der Waals surface area contributed by atoms with Crippen molar-refractivity contribution in [2.45, 2.75) is 6.61 Å². The van der Waals surface area contributed by atoms with Gasteiger partial charge in [-0.05, 0) is 29.8 Å². The first kappa shape index (κ1) is 16.2. The highest BCUT2D eigenvalue weighted by atomic mass is 19.1. The number of esters is 1. The van der Waals surface area contributed by atoms with Crippen LogP contribution in [0.15, 0.2) is 48.5 Å². The number of ether oxygens (including phenoxy) is 2. The molecule has 4 nitrogen and oxygen atoms in total. The van der Waals surface area contributed by atoms with Crippen molar-refractivity contribution in [1.29, 1.82) is 5.26 Å². The van der Waals surface area contributed by atoms with Crippen molar-refractivity contribution >= 4 is 12.0 Å². The largest absolute Gasteiger partial charge is 0.494 e. The predicted molar refractivity (Wildman–Crippen MR) is 82.9 cm³/mol. The fourth-order valence-corrected chi connectivity index (χ4v) is 1.90. The molecule has 0 spiro atoms. The fraction of sp³-hybridized carbons (Fsp3) is 0.111. The van der Waals surface area contributed by atoms with Crippen molar-refractivity contribution in [3.63, 3.8) is 0 Å². The summed E-state index contributed by atoms with van der Waals surface area (Å²) in [5, 5.41) is 8.95. The zero-order valence-corrected chi connectivity index (χ0v) is 12.5. The first-order valence-corrected chi connectivity index (χ1v) is 6.80. The summed E-state index contributed by atoms with van der Waals surface area (Å²) < 4.78 is 23.4. The van der Waals surface area contributed by atoms with Crippen LogP contribution in [0.5, 0.6) is 5.75 Å². The van der Waals surface area contributed by atoms with Gasteiger partial charge in [-0.3, -0.25) is 0 Å². The highest BCUT2D eigenvalue weighted by molar-refractivity contribution is 5.87. The maximum Gasteiger partial charge on any atom is 0.331 e. The lowest BCUT2D eigenvalue weighted by Crippen LogP contribution is -2.02. The molecule has 0 saturated heterocycles. The van der Waals surface area contributed by atoms with Crippen molar-refractivity contribution in [2.75, 3.05) is 7.11 Å². The van der Waals surface area contributed by atoms with Crippen LogP contribution < -0.4 is 4.74 Å². The molecule has 5 heteroatoms. The lowest BCUT2D eigenvalue weighted by molar-refractivity contribution is -0.138. The Morgan fingerprint density at radius 3 is 2.78 bits per heavy atom. The first-order valence-electron chi connectivity index (χ1n) is 6.80. The minimum absolute atomic E-state index is 0.00385. The molecule has 0 amide bonds. The summed E-state index contributed by atoms with van der Waals surface area (Å²) in [6.07, 6.45) is 2.65. The smallest absolute Gasteiger partial charge is 0.331 e. The predicted octanol–water partition coefficient (Wildman–Crippen LogP) is 3.46. The van der Waals surface area contributed by atoms with E-state index in [1.165, 1.54) is 31.4 Å². The molecule has 23 heavy (non-hydrogen) atoms. The van der Waals surface area contributed by atoms with Crippen LogP contribution in [0.4, 0.5) is 4.39 Å². The van der Waals surface area contributed by atoms with Gasteiger partial charge in [-0.1, -0.05) is 24.3 Å². The molecule has 0 N–H and O–H groups in total. The Bertz CT molecular complexity index is 778. The fourth-order valence-electron chi connectivity index (χ4n) is 1.90. The van der Waals surface area contributed by atoms with Crippen LogP contribution in [0.3, 0.4) is 0 Å². The number of methoxy groups -OCH3 is 1. The Morgan fingerprint density at radius 1 is 1.30 bits per heavy atom. The van der Waals surface area contributed by atoms with Gasteiger partial charge in [0.05, 0.1) is 18.7 Å². The van der Waals surface area contributed by atoms with Crippen LogP contribution >= 0.6 is 0 Å². The second-order valence-corrected chi connectivity index (χ2v) is 4.60. The van der Waals surface area contributed by atoms with E-state index in [0.29, 0.717) is 16.7 Å². The molecule has 0 aliphatic heterocycles. The van der Waals surface area contributed by atoms with Gasteiger partial charge in [-0.15, -0.1) is 0 Å². The standard InChI is InChI=1S/C18H14FNO3/c1-22-17-8-6-13(10-16(17)19)7-9-18(21)23-12-15-5-3-2-4-14(15)11-20/h2-10H,12H2,1H3/b9-7+. The molecular weight excluding hydrogens is 297 g/mol. The van der Waals surface area contributed by atoms with Crippen LogP contribution in [0, 0.1) is 17.1 Å². The third-order valence-electron chi connectivity index (χ3n) is 3.10. The number of nitrogens with zero attached hydrogens (tertiary/aromatic N) is 1. The highest BCUT2D eigenvalue weighted by Crippen LogP contribution is 2.18. The maximum atomic E-state index is 13.5. The highest BCUT2D eigenvalue weighted by Gasteiger charge is 2.05. The monoisotopic (exact) mass is 311 g/mol. The Hall–Kier alpha value is -3.13. The van der Waals surface area contributed by atoms with Crippen molar-refractivity contribution < 1.29 is 18.7 Å². The molecule has 0 fully saturated rings. The summed E-state index contributed by atoms with van der Waals surface area (Å²) in [5.41, 5.74) is 1.60. The lowest BCUT2D eigenvalue weighted by atomic mass is 10.1. The van der Waals surface area contributed by atoms with Crippen molar-refractivity contribution in [1.82, 2.24) is 0 Å². The summed E-state index contributed by atoms with van der Waals surface area (Å²) in [7, 11) is 1.38. The van der Waals surface area contributed by atoms with Gasteiger partial charge in [0.25, 0.3) is 0 Å². The average molecular weight is 311 g/mol. The summed E-state index contributed by atoms with van der Waals surface area (Å²) in [4.78, 5) is 11.7. The molecule has 0 aliphatic carbocycles. The lowest BCUT2D eigenvalue weighted by Gasteiger charge is -2.04. The van der Waals surface area contributed by atoms with Gasteiger partial charge in [-0.25, -0.2) is 9.18 Å². The van der Waals surface area contributed by atoms with E-state index < -0.39 is 11.8 Å². The number of carbonyl (C=O) groups excluding carboxylic acids is 1. The topological polar surface area (TPSA) is 59.3 Å². The molecule has 0 saturated carbocycles. The van der Waals surface area contributed by atoms with E-state index >= 15 is 0 Å². The SMILES string of the molecule is COc1ccc(/C=C/C(=O)OCc2ccccc2C#N)cc1F. The summed E-state index contributed by atoms with van der Waals surface area (Å²) in [5.74, 6) is -0.947. The van der Waals surface area contributed by atoms with Crippen LogP contribution in [-0.2, 0) is 16.1 Å². The minimum Gasteiger partial charge on any atom is -0.494 e. The number of rotatable bonds is 5. The van der Waals surface area contributed by atoms with E-state index in [-0.39, 0.29) is 12.4 Å². The third kappa shape index (κ3) is 4.42. The van der Waals surface area contributed by atoms with Gasteiger partial charge >= 0.3 is 5.97 Å². The molecule has 0 aromatic heterocycles. The van der Waals surface area contributed by atoms with Gasteiger partial charge in [0.2, 0.25) is 0 Å². The molecule has 2 aromatic rings. The molecule has 0 bridgehead atoms. The second-order valence-electron chi connectivity index (χ2n) is 4.60. The molecule has 0 atom stereocenters. The van der Waals surface area contributed by atoms with E-state index in [4.69, 9.17) is 14.7 Å². The van der Waals surface area contributed by atoms with Gasteiger partial charge in [0, 0.05) is 11.6 Å². The Kier molecular flexibility index (Phi) is 5.48. The number of nitriles is 1. The summed E-state index contributed by atoms with van der Waals surface area (Å²) in [6.45, 7) is 0.00385. The molecule has 2 rings (SSSR count). The van der Waals surface area contributed by atoms with Crippen LogP contribution in [-0.4, -0.2) is 13.1 Å². The number of hydrogen-bond acceptors (Lipinski definition) is 4. The zero-order valence-electron chi connectivity index (χ0n) is 12.5. The van der Waals surface area contributed by atoms with Gasteiger partial charge in [0.15, 0.2) is 11.6 Å². The summed E-state index contributed by atoms with van der Waals surface area (Å²) in [6, 6.07) is 13.3. The molecule has 0 radical (unpaired) electrons. The van der Waals surface area contributed by atoms with Gasteiger partial charge in [-0.2, -0.15) is 5.26 Å². The van der Waals surface area contributed by atoms with Gasteiger partial charge in [0.1, 0.15) is 6.61 Å². The van der Waals surface area contributed by atoms with E-state index in [1.54, 1.807) is 30.3 Å². The number of carbonyl (C=O) groups is 1. The Morgan fingerprint density at radius 2 is 2.09 bits per heavy atom. The van der Waals surface area contributed by atoms with Crippen LogP contribution in [0.1, 0.15) is 16.7 Å². The van der Waals surface area contributed by atoms with E-state index in [9.17, 15) is 9.18 Å². The average Bonchev–Trinajstić information content (AvgIpc) is 2.58. The molecule has 0 aliphatic rings. The van der Waals surface area contributed by atoms with Crippen molar-refractivity contribution in [3.8, 4) is 11.8 Å². The molecule has 116 valence electrons. The van der Waals surface area contributed by atoms with E-state index in [2.05, 4.69) is 0 Å². The second kappa shape index (κ2) is 7.76. The number of hydrogen-bond donors (Lipinski definition) is 0. The summed E-state index contributed by atoms with van der Waals surface area (Å²) >= 11 is 0. The molecule has 2 aromatic carbocycles. The Labute approximate surface area is 133 Å². The van der Waals surface area contributed by atoms with Crippen molar-refractivity contribution in [3.05, 3.63) is 71.0 Å². The Balaban J connectivity index is 1.97. The van der Waals surface area contributed by atoms with Gasteiger partial charge < -0.3 is 9.47 Å². The van der Waals surface area contributed by atoms with Crippen LogP contribution in [0.2, 0.25) is 0 Å². The zero-order chi connectivity index (χ0) is 16.7. The first-order chi connectivity index (χ1) is 11.1. The molecular formula is C18H14FNO3. The van der Waals surface area contributed by atoms with Crippen LogP contribution in [0.25, 0.3) is 6.08 Å². The molecule has 0 unspecified atom stereocenters. The van der Waals surface area contributed by atoms with Crippen molar-refractivity contribution in [2.24, 2.45) is 0 Å². The minimum atomic E-state index is -0.575. The van der Waals surface area contributed by atoms with E-state index in [0.717, 1.165) is 0 Å². The number of benzene rings is 2.